The van der Waals surface area contributed by atoms with E-state index in [9.17, 15) is 14.4 Å². The summed E-state index contributed by atoms with van der Waals surface area (Å²) in [6.07, 6.45) is 5.86. The van der Waals surface area contributed by atoms with Gasteiger partial charge in [0.25, 0.3) is 0 Å². The predicted molar refractivity (Wildman–Crippen MR) is 79.0 cm³/mol. The molecular weight excluding hydrogens is 284 g/mol. The van der Waals surface area contributed by atoms with Gasteiger partial charge in [-0.05, 0) is 25.7 Å². The van der Waals surface area contributed by atoms with E-state index in [1.807, 2.05) is 4.90 Å². The Morgan fingerprint density at radius 1 is 1.00 bits per heavy atom. The standard InChI is InChI=1S/C16H24N2O4/c19-14-9-12(10-18(14)13-3-1-2-4-13)15(20)17-7-5-11(6-8-17)16(21)22/h11-13H,1-10H2,(H,21,22)/t12-/m0/s1. The van der Waals surface area contributed by atoms with E-state index in [1.165, 1.54) is 12.8 Å². The monoisotopic (exact) mass is 308 g/mol. The van der Waals surface area contributed by atoms with Crippen molar-refractivity contribution in [1.82, 2.24) is 9.80 Å². The summed E-state index contributed by atoms with van der Waals surface area (Å²) in [5.74, 6) is -1.17. The lowest BCUT2D eigenvalue weighted by atomic mass is 9.95. The van der Waals surface area contributed by atoms with Crippen LogP contribution in [0.25, 0.3) is 0 Å². The number of aliphatic carboxylic acids is 1. The second-order valence-corrected chi connectivity index (χ2v) is 6.82. The molecule has 6 heteroatoms. The van der Waals surface area contributed by atoms with Gasteiger partial charge in [-0.25, -0.2) is 0 Å². The van der Waals surface area contributed by atoms with Gasteiger partial charge in [-0.1, -0.05) is 12.8 Å². The number of carbonyl (C=O) groups is 3. The maximum absolute atomic E-state index is 12.6. The highest BCUT2D eigenvalue weighted by atomic mass is 16.4. The van der Waals surface area contributed by atoms with Gasteiger partial charge < -0.3 is 14.9 Å². The molecule has 3 fully saturated rings. The van der Waals surface area contributed by atoms with E-state index in [-0.39, 0.29) is 23.7 Å². The van der Waals surface area contributed by atoms with Gasteiger partial charge in [0, 0.05) is 32.1 Å². The fourth-order valence-corrected chi connectivity index (χ4v) is 4.07. The maximum Gasteiger partial charge on any atom is 0.306 e. The number of hydrogen-bond donors (Lipinski definition) is 1. The van der Waals surface area contributed by atoms with Crippen LogP contribution in [-0.2, 0) is 14.4 Å². The molecule has 2 aliphatic heterocycles. The SMILES string of the molecule is O=C(O)C1CCN(C(=O)[C@H]2CC(=O)N(C3CCCC3)C2)CC1. The molecule has 0 aromatic carbocycles. The van der Waals surface area contributed by atoms with Crippen molar-refractivity contribution in [3.8, 4) is 0 Å². The zero-order valence-electron chi connectivity index (χ0n) is 12.9. The fourth-order valence-electron chi connectivity index (χ4n) is 4.07. The van der Waals surface area contributed by atoms with Crippen LogP contribution in [0.2, 0.25) is 0 Å². The molecule has 0 spiro atoms. The average Bonchev–Trinajstić information content (AvgIpc) is 3.15. The van der Waals surface area contributed by atoms with Crippen molar-refractivity contribution in [3.63, 3.8) is 0 Å². The van der Waals surface area contributed by atoms with Crippen LogP contribution in [0.4, 0.5) is 0 Å². The van der Waals surface area contributed by atoms with Crippen LogP contribution in [0.15, 0.2) is 0 Å². The molecule has 1 N–H and O–H groups in total. The first kappa shape index (κ1) is 15.3. The number of carboxylic acid groups (broad SMARTS) is 1. The van der Waals surface area contributed by atoms with Gasteiger partial charge in [0.15, 0.2) is 0 Å². The molecule has 0 unspecified atom stereocenters. The molecule has 2 saturated heterocycles. The van der Waals surface area contributed by atoms with Crippen LogP contribution in [0.1, 0.15) is 44.9 Å². The summed E-state index contributed by atoms with van der Waals surface area (Å²) >= 11 is 0. The number of hydrogen-bond acceptors (Lipinski definition) is 3. The van der Waals surface area contributed by atoms with Gasteiger partial charge >= 0.3 is 5.97 Å². The molecule has 0 aromatic rings. The highest BCUT2D eigenvalue weighted by molar-refractivity contribution is 5.89. The van der Waals surface area contributed by atoms with Gasteiger partial charge in [-0.15, -0.1) is 0 Å². The van der Waals surface area contributed by atoms with Gasteiger partial charge in [-0.2, -0.15) is 0 Å². The number of carboxylic acids is 1. The largest absolute Gasteiger partial charge is 0.481 e. The van der Waals surface area contributed by atoms with Gasteiger partial charge in [-0.3, -0.25) is 14.4 Å². The normalized spacial score (nSPS) is 27.6. The molecule has 2 heterocycles. The quantitative estimate of drug-likeness (QED) is 0.847. The number of piperidine rings is 1. The highest BCUT2D eigenvalue weighted by Gasteiger charge is 2.40. The lowest BCUT2D eigenvalue weighted by Crippen LogP contribution is -2.44. The van der Waals surface area contributed by atoms with Crippen molar-refractivity contribution in [2.24, 2.45) is 11.8 Å². The molecule has 3 rings (SSSR count). The molecule has 0 aromatic heterocycles. The number of likely N-dealkylation sites (tertiary alicyclic amines) is 2. The number of amides is 2. The Morgan fingerprint density at radius 3 is 2.23 bits per heavy atom. The average molecular weight is 308 g/mol. The van der Waals surface area contributed by atoms with E-state index in [0.29, 0.717) is 44.9 Å². The minimum absolute atomic E-state index is 0.0395. The van der Waals surface area contributed by atoms with E-state index in [0.717, 1.165) is 12.8 Å². The Balaban J connectivity index is 1.55. The van der Waals surface area contributed by atoms with Crippen molar-refractivity contribution in [1.29, 1.82) is 0 Å². The van der Waals surface area contributed by atoms with Crippen molar-refractivity contribution < 1.29 is 19.5 Å². The van der Waals surface area contributed by atoms with Crippen LogP contribution in [0.5, 0.6) is 0 Å². The fraction of sp³-hybridized carbons (Fsp3) is 0.812. The first-order valence-electron chi connectivity index (χ1n) is 8.37. The molecule has 3 aliphatic rings. The lowest BCUT2D eigenvalue weighted by molar-refractivity contribution is -0.146. The topological polar surface area (TPSA) is 77.9 Å². The third kappa shape index (κ3) is 2.96. The third-order valence-corrected chi connectivity index (χ3v) is 5.43. The van der Waals surface area contributed by atoms with E-state index in [1.54, 1.807) is 4.90 Å². The minimum atomic E-state index is -0.768. The number of rotatable bonds is 3. The summed E-state index contributed by atoms with van der Waals surface area (Å²) in [7, 11) is 0. The molecule has 0 bridgehead atoms. The number of nitrogens with zero attached hydrogens (tertiary/aromatic N) is 2. The van der Waals surface area contributed by atoms with Crippen LogP contribution >= 0.6 is 0 Å². The molecule has 1 atom stereocenters. The summed E-state index contributed by atoms with van der Waals surface area (Å²) in [5, 5.41) is 9.01. The summed E-state index contributed by atoms with van der Waals surface area (Å²) in [4.78, 5) is 39.4. The second-order valence-electron chi connectivity index (χ2n) is 6.82. The maximum atomic E-state index is 12.6. The molecule has 122 valence electrons. The zero-order valence-corrected chi connectivity index (χ0v) is 12.9. The summed E-state index contributed by atoms with van der Waals surface area (Å²) in [6.45, 7) is 1.56. The molecule has 1 saturated carbocycles. The smallest absolute Gasteiger partial charge is 0.306 e. The zero-order chi connectivity index (χ0) is 15.7. The Bertz CT molecular complexity index is 465. The Kier molecular flexibility index (Phi) is 4.36. The van der Waals surface area contributed by atoms with Crippen LogP contribution in [-0.4, -0.2) is 58.4 Å². The first-order chi connectivity index (χ1) is 10.6. The summed E-state index contributed by atoms with van der Waals surface area (Å²) in [6, 6.07) is 0.336. The Hall–Kier alpha value is -1.59. The third-order valence-electron chi connectivity index (χ3n) is 5.43. The molecule has 2 amide bonds. The highest BCUT2D eigenvalue weighted by Crippen LogP contribution is 2.31. The molecular formula is C16H24N2O4. The second kappa shape index (κ2) is 6.26. The minimum Gasteiger partial charge on any atom is -0.481 e. The molecule has 6 nitrogen and oxygen atoms in total. The Labute approximate surface area is 130 Å². The molecule has 1 aliphatic carbocycles. The van der Waals surface area contributed by atoms with Crippen molar-refractivity contribution >= 4 is 17.8 Å². The van der Waals surface area contributed by atoms with Crippen LogP contribution in [0, 0.1) is 11.8 Å². The van der Waals surface area contributed by atoms with Gasteiger partial charge in [0.1, 0.15) is 0 Å². The summed E-state index contributed by atoms with van der Waals surface area (Å²) < 4.78 is 0. The lowest BCUT2D eigenvalue weighted by Gasteiger charge is -2.32. The van der Waals surface area contributed by atoms with Crippen LogP contribution < -0.4 is 0 Å². The van der Waals surface area contributed by atoms with Crippen molar-refractivity contribution in [2.75, 3.05) is 19.6 Å². The van der Waals surface area contributed by atoms with Gasteiger partial charge in [0.05, 0.1) is 11.8 Å². The molecule has 22 heavy (non-hydrogen) atoms. The van der Waals surface area contributed by atoms with E-state index in [2.05, 4.69) is 0 Å². The van der Waals surface area contributed by atoms with Crippen molar-refractivity contribution in [3.05, 3.63) is 0 Å². The van der Waals surface area contributed by atoms with Gasteiger partial charge in [0.2, 0.25) is 11.8 Å². The van der Waals surface area contributed by atoms with Crippen molar-refractivity contribution in [2.45, 2.75) is 51.0 Å². The first-order valence-corrected chi connectivity index (χ1v) is 8.37. The summed E-state index contributed by atoms with van der Waals surface area (Å²) in [5.41, 5.74) is 0. The number of carbonyl (C=O) groups excluding carboxylic acids is 2. The van der Waals surface area contributed by atoms with Crippen LogP contribution in [0.3, 0.4) is 0 Å². The Morgan fingerprint density at radius 2 is 1.64 bits per heavy atom. The molecule has 0 radical (unpaired) electrons. The van der Waals surface area contributed by atoms with E-state index < -0.39 is 5.97 Å². The van der Waals surface area contributed by atoms with E-state index in [4.69, 9.17) is 5.11 Å². The predicted octanol–water partition coefficient (Wildman–Crippen LogP) is 1.10. The van der Waals surface area contributed by atoms with E-state index >= 15 is 0 Å².